The van der Waals surface area contributed by atoms with Crippen LogP contribution in [0.15, 0.2) is 12.3 Å². The molecule has 2 N–H and O–H groups in total. The van der Waals surface area contributed by atoms with Crippen LogP contribution < -0.4 is 20.1 Å². The third kappa shape index (κ3) is 3.25. The minimum absolute atomic E-state index is 0.163. The molecule has 0 bridgehead atoms. The van der Waals surface area contributed by atoms with E-state index in [1.807, 2.05) is 6.92 Å². The molecule has 0 aliphatic carbocycles. The van der Waals surface area contributed by atoms with Crippen LogP contribution in [0.1, 0.15) is 4.88 Å². The molecule has 118 valence electrons. The Balaban J connectivity index is 2.23. The van der Waals surface area contributed by atoms with Gasteiger partial charge in [0.1, 0.15) is 0 Å². The largest absolute Gasteiger partial charge is 0.491 e. The summed E-state index contributed by atoms with van der Waals surface area (Å²) in [6, 6.07) is 0.213. The number of hydrogen-bond acceptors (Lipinski definition) is 5. The molecule has 0 spiro atoms. The molecule has 6 nitrogen and oxygen atoms in total. The Morgan fingerprint density at radius 2 is 1.91 bits per heavy atom. The van der Waals surface area contributed by atoms with Gasteiger partial charge in [-0.25, -0.2) is 14.2 Å². The number of rotatable bonds is 4. The molecule has 0 radical (unpaired) electrons. The molecule has 0 atom stereocenters. The topological polar surface area (TPSA) is 72.5 Å². The van der Waals surface area contributed by atoms with Gasteiger partial charge in [-0.15, -0.1) is 11.3 Å². The van der Waals surface area contributed by atoms with Gasteiger partial charge in [-0.05, 0) is 6.92 Å². The van der Waals surface area contributed by atoms with Gasteiger partial charge in [0.25, 0.3) is 0 Å². The Hall–Kier alpha value is -2.42. The standard InChI is InChI=1S/C13H13F2N3O3S/c1-6-5-16-13(22-6)18-12(19)17-8-4-7(14)10(20-2)9(15)11(8)21-3/h4-5H,1-3H3,(H2,16,17,18,19). The number of anilines is 2. The molecule has 2 rings (SSSR count). The maximum Gasteiger partial charge on any atom is 0.325 e. The van der Waals surface area contributed by atoms with Crippen LogP contribution in [0, 0.1) is 18.6 Å². The Kier molecular flexibility index (Phi) is 4.76. The van der Waals surface area contributed by atoms with Gasteiger partial charge in [0.2, 0.25) is 5.82 Å². The summed E-state index contributed by atoms with van der Waals surface area (Å²) in [5.74, 6) is -2.91. The van der Waals surface area contributed by atoms with Gasteiger partial charge in [0.05, 0.1) is 19.9 Å². The number of ether oxygens (including phenoxy) is 2. The number of urea groups is 1. The van der Waals surface area contributed by atoms with Crippen LogP contribution in [0.4, 0.5) is 24.4 Å². The minimum Gasteiger partial charge on any atom is -0.491 e. The van der Waals surface area contributed by atoms with E-state index in [2.05, 4.69) is 20.4 Å². The van der Waals surface area contributed by atoms with Gasteiger partial charge < -0.3 is 14.8 Å². The van der Waals surface area contributed by atoms with E-state index in [1.54, 1.807) is 6.20 Å². The fraction of sp³-hybridized carbons (Fsp3) is 0.231. The summed E-state index contributed by atoms with van der Waals surface area (Å²) in [4.78, 5) is 16.7. The molecule has 0 saturated carbocycles. The Morgan fingerprint density at radius 1 is 1.23 bits per heavy atom. The van der Waals surface area contributed by atoms with Crippen LogP contribution in [-0.4, -0.2) is 25.2 Å². The molecule has 1 aromatic heterocycles. The maximum absolute atomic E-state index is 14.0. The van der Waals surface area contributed by atoms with E-state index < -0.39 is 23.4 Å². The molecule has 0 saturated heterocycles. The van der Waals surface area contributed by atoms with Crippen molar-refractivity contribution in [3.63, 3.8) is 0 Å². The van der Waals surface area contributed by atoms with Gasteiger partial charge >= 0.3 is 6.03 Å². The first kappa shape index (κ1) is 16.0. The summed E-state index contributed by atoms with van der Waals surface area (Å²) < 4.78 is 37.2. The van der Waals surface area contributed by atoms with E-state index >= 15 is 0 Å². The Bertz CT molecular complexity index is 706. The number of carbonyl (C=O) groups is 1. The Labute approximate surface area is 129 Å². The fourth-order valence-electron chi connectivity index (χ4n) is 1.73. The van der Waals surface area contributed by atoms with Crippen molar-refractivity contribution in [2.24, 2.45) is 0 Å². The van der Waals surface area contributed by atoms with E-state index in [1.165, 1.54) is 18.4 Å². The number of halogens is 2. The van der Waals surface area contributed by atoms with Gasteiger partial charge in [-0.3, -0.25) is 5.32 Å². The summed E-state index contributed by atoms with van der Waals surface area (Å²) in [5.41, 5.74) is -0.163. The number of aryl methyl sites for hydroxylation is 1. The van der Waals surface area contributed by atoms with Crippen LogP contribution in [0.3, 0.4) is 0 Å². The van der Waals surface area contributed by atoms with Crippen LogP contribution in [0.5, 0.6) is 11.5 Å². The lowest BCUT2D eigenvalue weighted by molar-refractivity contribution is 0.262. The average Bonchev–Trinajstić information content (AvgIpc) is 2.84. The lowest BCUT2D eigenvalue weighted by atomic mass is 10.2. The normalized spacial score (nSPS) is 10.2. The minimum atomic E-state index is -1.04. The summed E-state index contributed by atoms with van der Waals surface area (Å²) in [6.45, 7) is 1.83. The lowest BCUT2D eigenvalue weighted by Gasteiger charge is -2.13. The monoisotopic (exact) mass is 329 g/mol. The number of methoxy groups -OCH3 is 2. The van der Waals surface area contributed by atoms with Gasteiger partial charge in [0, 0.05) is 17.1 Å². The van der Waals surface area contributed by atoms with Crippen LogP contribution >= 0.6 is 11.3 Å². The molecule has 22 heavy (non-hydrogen) atoms. The molecule has 2 amide bonds. The first-order valence-corrected chi connectivity index (χ1v) is 6.88. The summed E-state index contributed by atoms with van der Waals surface area (Å²) >= 11 is 1.27. The van der Waals surface area contributed by atoms with Gasteiger partial charge in [0.15, 0.2) is 22.4 Å². The van der Waals surface area contributed by atoms with Crippen molar-refractivity contribution in [2.45, 2.75) is 6.92 Å². The molecule has 0 fully saturated rings. The number of benzene rings is 1. The number of amides is 2. The number of nitrogens with zero attached hydrogens (tertiary/aromatic N) is 1. The number of nitrogens with one attached hydrogen (secondary N) is 2. The Morgan fingerprint density at radius 3 is 2.45 bits per heavy atom. The highest BCUT2D eigenvalue weighted by Gasteiger charge is 2.21. The predicted octanol–water partition coefficient (Wildman–Crippen LogP) is 3.39. The number of carbonyl (C=O) groups excluding carboxylic acids is 1. The van der Waals surface area contributed by atoms with Crippen molar-refractivity contribution < 1.29 is 23.0 Å². The molecule has 2 aromatic rings. The zero-order valence-corrected chi connectivity index (χ0v) is 12.8. The van der Waals surface area contributed by atoms with Crippen molar-refractivity contribution in [1.82, 2.24) is 4.98 Å². The zero-order chi connectivity index (χ0) is 16.3. The second kappa shape index (κ2) is 6.56. The SMILES string of the molecule is COc1c(F)cc(NC(=O)Nc2ncc(C)s2)c(OC)c1F. The molecule has 0 unspecified atom stereocenters. The predicted molar refractivity (Wildman–Crippen MR) is 79.0 cm³/mol. The second-order valence-electron chi connectivity index (χ2n) is 4.14. The third-order valence-electron chi connectivity index (χ3n) is 2.63. The van der Waals surface area contributed by atoms with E-state index in [-0.39, 0.29) is 11.4 Å². The number of aromatic nitrogens is 1. The molecular formula is C13H13F2N3O3S. The van der Waals surface area contributed by atoms with E-state index in [4.69, 9.17) is 4.74 Å². The van der Waals surface area contributed by atoms with Crippen LogP contribution in [0.2, 0.25) is 0 Å². The molecule has 0 aliphatic heterocycles. The quantitative estimate of drug-likeness (QED) is 0.902. The van der Waals surface area contributed by atoms with E-state index in [0.717, 1.165) is 18.1 Å². The first-order chi connectivity index (χ1) is 10.5. The third-order valence-corrected chi connectivity index (χ3v) is 3.46. The molecular weight excluding hydrogens is 316 g/mol. The van der Waals surface area contributed by atoms with Gasteiger partial charge in [-0.2, -0.15) is 4.39 Å². The smallest absolute Gasteiger partial charge is 0.325 e. The number of hydrogen-bond donors (Lipinski definition) is 2. The molecule has 1 aromatic carbocycles. The molecule has 9 heteroatoms. The highest BCUT2D eigenvalue weighted by Crippen LogP contribution is 2.36. The lowest BCUT2D eigenvalue weighted by Crippen LogP contribution is -2.20. The van der Waals surface area contributed by atoms with Crippen molar-refractivity contribution in [3.8, 4) is 11.5 Å². The summed E-state index contributed by atoms with van der Waals surface area (Å²) in [7, 11) is 2.33. The summed E-state index contributed by atoms with van der Waals surface area (Å²) in [5, 5.41) is 5.13. The van der Waals surface area contributed by atoms with Crippen molar-refractivity contribution >= 4 is 28.2 Å². The van der Waals surface area contributed by atoms with Crippen molar-refractivity contribution in [2.75, 3.05) is 24.9 Å². The maximum atomic E-state index is 14.0. The summed E-state index contributed by atoms with van der Waals surface area (Å²) in [6.07, 6.45) is 1.59. The van der Waals surface area contributed by atoms with E-state index in [9.17, 15) is 13.6 Å². The highest BCUT2D eigenvalue weighted by molar-refractivity contribution is 7.15. The highest BCUT2D eigenvalue weighted by atomic mass is 32.1. The van der Waals surface area contributed by atoms with Crippen LogP contribution in [-0.2, 0) is 0 Å². The molecule has 1 heterocycles. The fourth-order valence-corrected chi connectivity index (χ4v) is 2.39. The van der Waals surface area contributed by atoms with Crippen LogP contribution in [0.25, 0.3) is 0 Å². The first-order valence-electron chi connectivity index (χ1n) is 6.06. The van der Waals surface area contributed by atoms with Crippen molar-refractivity contribution in [3.05, 3.63) is 28.8 Å². The average molecular weight is 329 g/mol. The number of thiazole rings is 1. The van der Waals surface area contributed by atoms with Gasteiger partial charge in [-0.1, -0.05) is 0 Å². The molecule has 0 aliphatic rings. The van der Waals surface area contributed by atoms with E-state index in [0.29, 0.717) is 5.13 Å². The van der Waals surface area contributed by atoms with Crippen molar-refractivity contribution in [1.29, 1.82) is 0 Å². The second-order valence-corrected chi connectivity index (χ2v) is 5.38. The zero-order valence-electron chi connectivity index (χ0n) is 12.0.